The molecule has 0 spiro atoms. The number of urea groups is 1. The zero-order valence-corrected chi connectivity index (χ0v) is 18.0. The second kappa shape index (κ2) is 10.3. The van der Waals surface area contributed by atoms with Crippen LogP contribution in [0, 0.1) is 0 Å². The van der Waals surface area contributed by atoms with Crippen molar-refractivity contribution in [3.8, 4) is 0 Å². The molecule has 0 fully saturated rings. The molecule has 1 atom stereocenters. The summed E-state index contributed by atoms with van der Waals surface area (Å²) in [6.45, 7) is 2.23. The Labute approximate surface area is 187 Å². The van der Waals surface area contributed by atoms with Crippen LogP contribution in [0.2, 0.25) is 0 Å². The number of nitrogens with one attached hydrogen (secondary N) is 2. The van der Waals surface area contributed by atoms with E-state index in [0.717, 1.165) is 11.1 Å². The van der Waals surface area contributed by atoms with Gasteiger partial charge in [-0.25, -0.2) is 4.79 Å². The Morgan fingerprint density at radius 2 is 1.59 bits per heavy atom. The first kappa shape index (κ1) is 22.6. The predicted molar refractivity (Wildman–Crippen MR) is 124 cm³/mol. The van der Waals surface area contributed by atoms with E-state index in [4.69, 9.17) is 5.73 Å². The lowest BCUT2D eigenvalue weighted by atomic mass is 10.0. The van der Waals surface area contributed by atoms with E-state index in [2.05, 4.69) is 10.6 Å². The van der Waals surface area contributed by atoms with E-state index in [9.17, 15) is 14.4 Å². The van der Waals surface area contributed by atoms with Crippen molar-refractivity contribution in [3.63, 3.8) is 0 Å². The van der Waals surface area contributed by atoms with Gasteiger partial charge in [-0.15, -0.1) is 0 Å². The first-order valence-electron chi connectivity index (χ1n) is 10.2. The van der Waals surface area contributed by atoms with Crippen LogP contribution in [0.4, 0.5) is 10.5 Å². The maximum absolute atomic E-state index is 13.0. The Morgan fingerprint density at radius 3 is 2.25 bits per heavy atom. The lowest BCUT2D eigenvalue weighted by molar-refractivity contribution is 0.0742. The maximum Gasteiger partial charge on any atom is 0.312 e. The van der Waals surface area contributed by atoms with Gasteiger partial charge in [-0.1, -0.05) is 42.5 Å². The zero-order chi connectivity index (χ0) is 23.1. The molecule has 7 nitrogen and oxygen atoms in total. The molecule has 3 aromatic rings. The number of anilines is 1. The fraction of sp³-hybridized carbons (Fsp3) is 0.160. The van der Waals surface area contributed by atoms with E-state index < -0.39 is 6.03 Å². The summed E-state index contributed by atoms with van der Waals surface area (Å²) in [5.74, 6) is -0.323. The fourth-order valence-corrected chi connectivity index (χ4v) is 3.23. The number of hydrogen-bond donors (Lipinski definition) is 3. The van der Waals surface area contributed by atoms with Crippen LogP contribution >= 0.6 is 0 Å². The number of primary amides is 1. The van der Waals surface area contributed by atoms with E-state index in [1.807, 2.05) is 49.4 Å². The molecule has 32 heavy (non-hydrogen) atoms. The van der Waals surface area contributed by atoms with Gasteiger partial charge in [0, 0.05) is 30.4 Å². The Morgan fingerprint density at radius 1 is 0.906 bits per heavy atom. The molecule has 0 aromatic heterocycles. The van der Waals surface area contributed by atoms with Crippen molar-refractivity contribution in [1.82, 2.24) is 10.2 Å². The van der Waals surface area contributed by atoms with Gasteiger partial charge < -0.3 is 21.3 Å². The number of benzene rings is 3. The number of nitrogens with two attached hydrogens (primary N) is 1. The molecule has 3 rings (SSSR count). The van der Waals surface area contributed by atoms with Gasteiger partial charge in [0.1, 0.15) is 0 Å². The van der Waals surface area contributed by atoms with E-state index in [1.165, 1.54) is 0 Å². The standard InChI is InChI=1S/C25H26N4O3/c1-17(29(2)24(31)20-13-11-18(12-14-20)16-27-25(26)32)21-9-6-10-22(15-21)28-23(30)19-7-4-3-5-8-19/h3-15,17H,16H2,1-2H3,(H,28,30)(H3,26,27,32). The number of amides is 4. The third-order valence-corrected chi connectivity index (χ3v) is 5.23. The minimum absolute atomic E-state index is 0.134. The molecular formula is C25H26N4O3. The minimum atomic E-state index is -0.596. The van der Waals surface area contributed by atoms with Gasteiger partial charge in [-0.3, -0.25) is 9.59 Å². The van der Waals surface area contributed by atoms with Crippen LogP contribution in [0.25, 0.3) is 0 Å². The third kappa shape index (κ3) is 5.72. The smallest absolute Gasteiger partial charge is 0.312 e. The molecule has 7 heteroatoms. The number of carbonyl (C=O) groups is 3. The summed E-state index contributed by atoms with van der Waals surface area (Å²) in [6, 6.07) is 22.6. The second-order valence-corrected chi connectivity index (χ2v) is 7.45. The van der Waals surface area contributed by atoms with Gasteiger partial charge in [-0.2, -0.15) is 0 Å². The molecule has 0 bridgehead atoms. The van der Waals surface area contributed by atoms with Crippen LogP contribution in [-0.4, -0.2) is 29.8 Å². The lowest BCUT2D eigenvalue weighted by Gasteiger charge is -2.26. The average molecular weight is 431 g/mol. The summed E-state index contributed by atoms with van der Waals surface area (Å²) < 4.78 is 0. The summed E-state index contributed by atoms with van der Waals surface area (Å²) in [7, 11) is 1.74. The van der Waals surface area contributed by atoms with Crippen molar-refractivity contribution in [2.75, 3.05) is 12.4 Å². The van der Waals surface area contributed by atoms with Crippen LogP contribution in [0.15, 0.2) is 78.9 Å². The summed E-state index contributed by atoms with van der Waals surface area (Å²) >= 11 is 0. The van der Waals surface area contributed by atoms with Crippen LogP contribution < -0.4 is 16.4 Å². The Hall–Kier alpha value is -4.13. The molecule has 3 aromatic carbocycles. The van der Waals surface area contributed by atoms with Crippen molar-refractivity contribution in [1.29, 1.82) is 0 Å². The highest BCUT2D eigenvalue weighted by atomic mass is 16.2. The molecule has 4 N–H and O–H groups in total. The van der Waals surface area contributed by atoms with Gasteiger partial charge in [0.05, 0.1) is 6.04 Å². The maximum atomic E-state index is 13.0. The van der Waals surface area contributed by atoms with Crippen molar-refractivity contribution in [2.24, 2.45) is 5.73 Å². The molecule has 4 amide bonds. The monoisotopic (exact) mass is 430 g/mol. The molecule has 0 aliphatic carbocycles. The van der Waals surface area contributed by atoms with Crippen molar-refractivity contribution >= 4 is 23.5 Å². The van der Waals surface area contributed by atoms with Crippen molar-refractivity contribution in [2.45, 2.75) is 19.5 Å². The van der Waals surface area contributed by atoms with Crippen molar-refractivity contribution < 1.29 is 14.4 Å². The van der Waals surface area contributed by atoms with Gasteiger partial charge in [0.2, 0.25) is 0 Å². The Bertz CT molecular complexity index is 1100. The summed E-state index contributed by atoms with van der Waals surface area (Å²) in [4.78, 5) is 37.9. The third-order valence-electron chi connectivity index (χ3n) is 5.23. The number of carbonyl (C=O) groups excluding carboxylic acids is 3. The highest BCUT2D eigenvalue weighted by Gasteiger charge is 2.19. The normalized spacial score (nSPS) is 11.3. The molecule has 0 saturated carbocycles. The highest BCUT2D eigenvalue weighted by Crippen LogP contribution is 2.24. The van der Waals surface area contributed by atoms with E-state index in [-0.39, 0.29) is 17.9 Å². The zero-order valence-electron chi connectivity index (χ0n) is 18.0. The minimum Gasteiger partial charge on any atom is -0.352 e. The van der Waals surface area contributed by atoms with Crippen LogP contribution in [0.5, 0.6) is 0 Å². The van der Waals surface area contributed by atoms with Gasteiger partial charge in [0.25, 0.3) is 11.8 Å². The van der Waals surface area contributed by atoms with Crippen LogP contribution in [0.3, 0.4) is 0 Å². The van der Waals surface area contributed by atoms with Crippen molar-refractivity contribution in [3.05, 3.63) is 101 Å². The second-order valence-electron chi connectivity index (χ2n) is 7.45. The molecule has 0 saturated heterocycles. The molecule has 164 valence electrons. The molecule has 0 aliphatic rings. The summed E-state index contributed by atoms with van der Waals surface area (Å²) in [6.07, 6.45) is 0. The molecular weight excluding hydrogens is 404 g/mol. The summed E-state index contributed by atoms with van der Waals surface area (Å²) in [5, 5.41) is 5.41. The first-order valence-corrected chi connectivity index (χ1v) is 10.2. The first-order chi connectivity index (χ1) is 15.3. The van der Waals surface area contributed by atoms with Crippen LogP contribution in [-0.2, 0) is 6.54 Å². The number of hydrogen-bond acceptors (Lipinski definition) is 3. The predicted octanol–water partition coefficient (Wildman–Crippen LogP) is 3.94. The van der Waals surface area contributed by atoms with E-state index in [0.29, 0.717) is 23.4 Å². The van der Waals surface area contributed by atoms with E-state index >= 15 is 0 Å². The van der Waals surface area contributed by atoms with Gasteiger partial charge >= 0.3 is 6.03 Å². The summed E-state index contributed by atoms with van der Waals surface area (Å²) in [5.41, 5.74) is 8.60. The average Bonchev–Trinajstić information content (AvgIpc) is 2.82. The number of rotatable bonds is 7. The lowest BCUT2D eigenvalue weighted by Crippen LogP contribution is -2.30. The van der Waals surface area contributed by atoms with Gasteiger partial charge in [0.15, 0.2) is 0 Å². The fourth-order valence-electron chi connectivity index (χ4n) is 3.23. The molecule has 1 unspecified atom stereocenters. The van der Waals surface area contributed by atoms with Crippen LogP contribution in [0.1, 0.15) is 44.8 Å². The quantitative estimate of drug-likeness (QED) is 0.529. The number of nitrogens with zero attached hydrogens (tertiary/aromatic N) is 1. The Kier molecular flexibility index (Phi) is 7.23. The topological polar surface area (TPSA) is 105 Å². The molecule has 0 heterocycles. The molecule has 0 radical (unpaired) electrons. The molecule has 0 aliphatic heterocycles. The van der Waals surface area contributed by atoms with E-state index in [1.54, 1.807) is 48.3 Å². The highest BCUT2D eigenvalue weighted by molar-refractivity contribution is 6.04. The largest absolute Gasteiger partial charge is 0.352 e. The van der Waals surface area contributed by atoms with Gasteiger partial charge in [-0.05, 0) is 54.4 Å². The SMILES string of the molecule is CC(c1cccc(NC(=O)c2ccccc2)c1)N(C)C(=O)c1ccc(CNC(N)=O)cc1. The Balaban J connectivity index is 1.68.